The van der Waals surface area contributed by atoms with Crippen LogP contribution in [0.15, 0.2) is 50.1 Å². The number of thiazole rings is 1. The lowest BCUT2D eigenvalue weighted by Crippen LogP contribution is -2.71. The van der Waals surface area contributed by atoms with Gasteiger partial charge in [-0.25, -0.2) is 19.6 Å². The number of amides is 2. The summed E-state index contributed by atoms with van der Waals surface area (Å²) in [6.07, 6.45) is 5.83. The summed E-state index contributed by atoms with van der Waals surface area (Å²) in [7, 11) is 1.91. The highest BCUT2D eigenvalue weighted by Crippen LogP contribution is 2.44. The Hall–Kier alpha value is -3.48. The van der Waals surface area contributed by atoms with Gasteiger partial charge < -0.3 is 31.0 Å². The zero-order valence-electron chi connectivity index (χ0n) is 20.5. The maximum atomic E-state index is 13.1. The van der Waals surface area contributed by atoms with Crippen molar-refractivity contribution in [1.82, 2.24) is 20.1 Å². The number of amidine groups is 1. The smallest absolute Gasteiger partial charge is 0.352 e. The summed E-state index contributed by atoms with van der Waals surface area (Å²) in [6.45, 7) is -0.796. The number of anilines is 1. The molecule has 210 valence electrons. The maximum Gasteiger partial charge on any atom is 0.352 e. The number of aromatic nitrogens is 1. The largest absolute Gasteiger partial charge is 0.479 e. The normalized spacial score (nSPS) is 23.7. The predicted octanol–water partition coefficient (Wildman–Crippen LogP) is 0.774. The van der Waals surface area contributed by atoms with Crippen molar-refractivity contribution in [3.8, 4) is 0 Å². The average molecular weight is 624 g/mol. The van der Waals surface area contributed by atoms with Crippen LogP contribution in [0.1, 0.15) is 5.69 Å². The fourth-order valence-electron chi connectivity index (χ4n) is 4.06. The number of nitrogen functional groups attached to an aromatic ring is 1. The van der Waals surface area contributed by atoms with Gasteiger partial charge in [-0.05, 0) is 17.7 Å². The van der Waals surface area contributed by atoms with Crippen molar-refractivity contribution in [2.24, 2.45) is 10.1 Å². The lowest BCUT2D eigenvalue weighted by Gasteiger charge is -2.49. The molecule has 14 nitrogen and oxygen atoms in total. The first kappa shape index (κ1) is 28.1. The highest BCUT2D eigenvalue weighted by molar-refractivity contribution is 8.19. The number of carbonyl (C=O) groups is 4. The van der Waals surface area contributed by atoms with E-state index in [1.165, 1.54) is 33.8 Å². The molecule has 4 aliphatic heterocycles. The fraction of sp³-hybridized carbons (Fsp3) is 0.318. The summed E-state index contributed by atoms with van der Waals surface area (Å²) < 4.78 is -0.145. The van der Waals surface area contributed by atoms with Gasteiger partial charge >= 0.3 is 11.9 Å². The van der Waals surface area contributed by atoms with E-state index < -0.39 is 41.8 Å². The van der Waals surface area contributed by atoms with E-state index in [4.69, 9.17) is 20.7 Å². The number of aliphatic imine (C=N–C) groups is 1. The minimum absolute atomic E-state index is 0.0432. The number of aliphatic carboxylic acids is 2. The van der Waals surface area contributed by atoms with E-state index in [0.717, 1.165) is 22.1 Å². The number of fused-ring (bicyclic) bond motifs is 2. The van der Waals surface area contributed by atoms with Crippen molar-refractivity contribution in [3.63, 3.8) is 0 Å². The molecule has 2 unspecified atom stereocenters. The molecule has 2 amide bonds. The summed E-state index contributed by atoms with van der Waals surface area (Å²) in [5.74, 6) is -2.39. The number of allylic oxidation sites excluding steroid dienone is 2. The number of carbonyl (C=O) groups excluding carboxylic acids is 2. The number of nitrogens with two attached hydrogens (primary N) is 1. The summed E-state index contributed by atoms with van der Waals surface area (Å²) in [5, 5.41) is 25.8. The van der Waals surface area contributed by atoms with E-state index in [9.17, 15) is 24.3 Å². The molecule has 5 heterocycles. The van der Waals surface area contributed by atoms with Crippen LogP contribution in [-0.2, 0) is 24.0 Å². The molecule has 5 N–H and O–H groups in total. The van der Waals surface area contributed by atoms with Gasteiger partial charge in [0.05, 0.1) is 4.91 Å². The zero-order chi connectivity index (χ0) is 28.6. The van der Waals surface area contributed by atoms with Crippen molar-refractivity contribution >= 4 is 87.1 Å². The first-order valence-electron chi connectivity index (χ1n) is 11.5. The van der Waals surface area contributed by atoms with Gasteiger partial charge in [0.25, 0.3) is 11.8 Å². The van der Waals surface area contributed by atoms with Crippen molar-refractivity contribution in [3.05, 3.63) is 45.6 Å². The van der Waals surface area contributed by atoms with Gasteiger partial charge in [0, 0.05) is 30.1 Å². The van der Waals surface area contributed by atoms with E-state index in [0.29, 0.717) is 17.1 Å². The molecule has 3 atom stereocenters. The minimum atomic E-state index is -1.30. The topological polar surface area (TPSA) is 200 Å². The van der Waals surface area contributed by atoms with E-state index in [-0.39, 0.29) is 26.9 Å². The van der Waals surface area contributed by atoms with E-state index >= 15 is 0 Å². The van der Waals surface area contributed by atoms with E-state index in [2.05, 4.69) is 15.5 Å². The van der Waals surface area contributed by atoms with Crippen molar-refractivity contribution < 1.29 is 34.2 Å². The second kappa shape index (κ2) is 11.6. The van der Waals surface area contributed by atoms with Gasteiger partial charge in [0.1, 0.15) is 33.3 Å². The van der Waals surface area contributed by atoms with Gasteiger partial charge in [0.15, 0.2) is 10.8 Å². The number of carboxylic acids is 2. The maximum absolute atomic E-state index is 13.1. The van der Waals surface area contributed by atoms with Crippen LogP contribution in [0.5, 0.6) is 0 Å². The molecule has 0 radical (unpaired) electrons. The third-order valence-electron chi connectivity index (χ3n) is 5.83. The van der Waals surface area contributed by atoms with Crippen LogP contribution in [0, 0.1) is 0 Å². The average Bonchev–Trinajstić information content (AvgIpc) is 3.54. The Morgan fingerprint density at radius 3 is 2.83 bits per heavy atom. The van der Waals surface area contributed by atoms with Gasteiger partial charge in [-0.2, -0.15) is 0 Å². The Bertz CT molecular complexity index is 1440. The number of thioether (sulfide) groups is 3. The second-order valence-corrected chi connectivity index (χ2v) is 13.0. The minimum Gasteiger partial charge on any atom is -0.479 e. The Morgan fingerprint density at radius 2 is 2.15 bits per heavy atom. The lowest BCUT2D eigenvalue weighted by atomic mass is 10.0. The molecule has 1 fully saturated rings. The fourth-order valence-corrected chi connectivity index (χ4v) is 8.46. The molecule has 1 saturated heterocycles. The molecule has 0 aromatic carbocycles. The standard InChI is InChI=1S/C22H21N7O7S4/c1-28-4-2-3-11-16(28)26-22(40-11)39-7-9-6-37-19-14(18(33)29(19)15(9)20(34)35)25-17(32)13(27-36-5-12(30)31)10-8-38-21(23)24-10/h2-4,8,14,19,22H,5-7H2,1H3,(H2,23,24)(H,25,32)(H,30,31)(H,34,35)/b27-13-/t14?,19-,22?/m1/s1. The summed E-state index contributed by atoms with van der Waals surface area (Å²) in [4.78, 5) is 66.7. The third-order valence-corrected chi connectivity index (χ3v) is 10.3. The SMILES string of the molecule is CN1C=CC=C2SC(SCC3=C(C(=O)O)N4C(=O)C(NC(=O)/C(=N\OCC(=O)O)c5csc(N)n5)[C@H]4SC3)N=C21. The monoisotopic (exact) mass is 623 g/mol. The second-order valence-electron chi connectivity index (χ2n) is 8.47. The number of rotatable bonds is 10. The molecule has 0 bridgehead atoms. The highest BCUT2D eigenvalue weighted by atomic mass is 32.2. The highest BCUT2D eigenvalue weighted by Gasteiger charge is 2.54. The molecular weight excluding hydrogens is 603 g/mol. The number of hydrogen-bond acceptors (Lipinski definition) is 14. The number of β-lactam (4-membered cyclic amide) rings is 1. The third kappa shape index (κ3) is 5.56. The van der Waals surface area contributed by atoms with Crippen LogP contribution in [-0.4, -0.2) is 102 Å². The number of nitrogens with one attached hydrogen (secondary N) is 1. The summed E-state index contributed by atoms with van der Waals surface area (Å²) >= 11 is 5.44. The molecule has 40 heavy (non-hydrogen) atoms. The molecule has 18 heteroatoms. The first-order chi connectivity index (χ1) is 19.1. The summed E-state index contributed by atoms with van der Waals surface area (Å²) in [6, 6.07) is -1.03. The van der Waals surface area contributed by atoms with Crippen LogP contribution < -0.4 is 11.1 Å². The van der Waals surface area contributed by atoms with Gasteiger partial charge in [-0.1, -0.05) is 16.9 Å². The molecular formula is C22H21N7O7S4. The Kier molecular flexibility index (Phi) is 8.11. The number of likely N-dealkylation sites (N-methyl/N-ethyl adjacent to an activating group) is 1. The van der Waals surface area contributed by atoms with Crippen LogP contribution in [0.3, 0.4) is 0 Å². The molecule has 0 spiro atoms. The number of oxime groups is 1. The molecule has 1 aromatic rings. The van der Waals surface area contributed by atoms with Crippen LogP contribution in [0.2, 0.25) is 0 Å². The lowest BCUT2D eigenvalue weighted by molar-refractivity contribution is -0.150. The zero-order valence-corrected chi connectivity index (χ0v) is 23.8. The van der Waals surface area contributed by atoms with Crippen LogP contribution >= 0.6 is 46.6 Å². The quantitative estimate of drug-likeness (QED) is 0.162. The van der Waals surface area contributed by atoms with Crippen LogP contribution in [0.25, 0.3) is 0 Å². The van der Waals surface area contributed by atoms with Gasteiger partial charge in [-0.15, -0.1) is 34.9 Å². The molecule has 5 rings (SSSR count). The Labute approximate surface area is 243 Å². The Morgan fingerprint density at radius 1 is 1.35 bits per heavy atom. The Balaban J connectivity index is 1.27. The first-order valence-corrected chi connectivity index (χ1v) is 15.3. The number of nitrogens with zero attached hydrogens (tertiary/aromatic N) is 5. The van der Waals surface area contributed by atoms with E-state index in [1.807, 2.05) is 30.3 Å². The van der Waals surface area contributed by atoms with E-state index in [1.54, 1.807) is 11.8 Å². The van der Waals surface area contributed by atoms with Crippen molar-refractivity contribution in [1.29, 1.82) is 0 Å². The van der Waals surface area contributed by atoms with Gasteiger partial charge in [-0.3, -0.25) is 14.5 Å². The summed E-state index contributed by atoms with van der Waals surface area (Å²) in [5.41, 5.74) is 5.82. The number of hydrogen-bond donors (Lipinski definition) is 4. The van der Waals surface area contributed by atoms with Gasteiger partial charge in [0.2, 0.25) is 6.61 Å². The molecule has 0 aliphatic carbocycles. The molecule has 4 aliphatic rings. The molecule has 1 aromatic heterocycles. The van der Waals surface area contributed by atoms with Crippen molar-refractivity contribution in [2.75, 3.05) is 30.9 Å². The van der Waals surface area contributed by atoms with Crippen LogP contribution in [0.4, 0.5) is 5.13 Å². The number of carboxylic acid groups (broad SMARTS) is 2. The van der Waals surface area contributed by atoms with Crippen molar-refractivity contribution in [2.45, 2.75) is 16.1 Å². The predicted molar refractivity (Wildman–Crippen MR) is 153 cm³/mol. The molecule has 0 saturated carbocycles.